The van der Waals surface area contributed by atoms with Gasteiger partial charge in [-0.15, -0.1) is 30.1 Å². The molecule has 0 radical (unpaired) electrons. The van der Waals surface area contributed by atoms with Gasteiger partial charge in [-0.3, -0.25) is 0 Å². The molecule has 4 aliphatic rings. The molecule has 2 heterocycles. The molecule has 2 fully saturated rings. The molecule has 1 saturated heterocycles. The van der Waals surface area contributed by atoms with E-state index in [2.05, 4.69) is 73.3 Å². The van der Waals surface area contributed by atoms with Crippen LogP contribution in [0.25, 0.3) is 0 Å². The Bertz CT molecular complexity index is 1750. The number of hydrogen-bond donors (Lipinski definition) is 2. The zero-order valence-electron chi connectivity index (χ0n) is 32.3. The highest BCUT2D eigenvalue weighted by atomic mass is 32.2. The van der Waals surface area contributed by atoms with E-state index in [1.165, 1.54) is 4.90 Å². The maximum absolute atomic E-state index is 9.93. The van der Waals surface area contributed by atoms with Crippen molar-refractivity contribution in [3.63, 3.8) is 0 Å². The van der Waals surface area contributed by atoms with Crippen LogP contribution in [0.5, 0.6) is 11.5 Å². The molecule has 0 spiro atoms. The van der Waals surface area contributed by atoms with E-state index in [0.717, 1.165) is 96.8 Å². The third-order valence-electron chi connectivity index (χ3n) is 11.4. The van der Waals surface area contributed by atoms with Gasteiger partial charge in [-0.25, -0.2) is 0 Å². The molecule has 2 aliphatic heterocycles. The van der Waals surface area contributed by atoms with Crippen LogP contribution in [-0.2, 0) is 14.3 Å². The van der Waals surface area contributed by atoms with Gasteiger partial charge in [0.2, 0.25) is 12.1 Å². The Morgan fingerprint density at radius 2 is 1.68 bits per heavy atom. The monoisotopic (exact) mass is 799 g/mol. The molecule has 3 aromatic carbocycles. The van der Waals surface area contributed by atoms with Crippen molar-refractivity contribution >= 4 is 29.2 Å². The maximum atomic E-state index is 9.93. The lowest BCUT2D eigenvalue weighted by Gasteiger charge is -2.58. The van der Waals surface area contributed by atoms with Crippen LogP contribution in [0.2, 0.25) is 0 Å². The molecular formula is C46H57NO7S2. The third-order valence-corrected chi connectivity index (χ3v) is 13.7. The SMILES string of the molecule is C=CCO[C@@]12Oc3ccc(OCCSc4ccccc4)cc3[C@H]3[C@H](CCCCO)[C@@H](CCCCO)C=C(C(=NOC4CCCCO4)C[C@@H]1Sc1ccccc1)[C@H]32. The molecule has 2 N–H and O–H groups in total. The second-order valence-electron chi connectivity index (χ2n) is 15.1. The van der Waals surface area contributed by atoms with Gasteiger partial charge < -0.3 is 34.0 Å². The Morgan fingerprint density at radius 1 is 0.911 bits per heavy atom. The summed E-state index contributed by atoms with van der Waals surface area (Å²) in [7, 11) is 0. The van der Waals surface area contributed by atoms with Gasteiger partial charge in [-0.1, -0.05) is 66.5 Å². The highest BCUT2D eigenvalue weighted by Gasteiger charge is 2.64. The number of fused-ring (bicyclic) bond motifs is 2. The molecule has 7 rings (SSSR count). The summed E-state index contributed by atoms with van der Waals surface area (Å²) < 4.78 is 26.9. The van der Waals surface area contributed by atoms with E-state index in [0.29, 0.717) is 26.2 Å². The van der Waals surface area contributed by atoms with Crippen molar-refractivity contribution in [1.29, 1.82) is 0 Å². The fraction of sp³-hybridized carbons (Fsp3) is 0.500. The zero-order chi connectivity index (χ0) is 38.6. The number of hydrogen-bond acceptors (Lipinski definition) is 10. The number of thioether (sulfide) groups is 2. The molecule has 1 saturated carbocycles. The summed E-state index contributed by atoms with van der Waals surface area (Å²) in [5.41, 5.74) is 3.15. The minimum absolute atomic E-state index is 0.000989. The first-order chi connectivity index (χ1) is 27.6. The minimum atomic E-state index is -1.04. The van der Waals surface area contributed by atoms with Crippen molar-refractivity contribution in [2.45, 2.75) is 97.2 Å². The van der Waals surface area contributed by atoms with Crippen LogP contribution in [0.4, 0.5) is 0 Å². The van der Waals surface area contributed by atoms with Gasteiger partial charge in [0, 0.05) is 53.1 Å². The zero-order valence-corrected chi connectivity index (χ0v) is 34.0. The molecule has 1 unspecified atom stereocenters. The molecule has 8 nitrogen and oxygen atoms in total. The van der Waals surface area contributed by atoms with Crippen LogP contribution < -0.4 is 9.47 Å². The number of allylic oxidation sites excluding steroid dienone is 1. The lowest BCUT2D eigenvalue weighted by molar-refractivity contribution is -0.223. The minimum Gasteiger partial charge on any atom is -0.493 e. The number of ether oxygens (including phenoxy) is 4. The molecule has 2 aliphatic carbocycles. The van der Waals surface area contributed by atoms with Gasteiger partial charge in [0.25, 0.3) is 0 Å². The summed E-state index contributed by atoms with van der Waals surface area (Å²) in [5, 5.41) is 24.6. The fourth-order valence-electron chi connectivity index (χ4n) is 8.93. The van der Waals surface area contributed by atoms with E-state index in [1.54, 1.807) is 23.5 Å². The van der Waals surface area contributed by atoms with Gasteiger partial charge in [0.05, 0.1) is 36.7 Å². The number of benzene rings is 3. The molecule has 3 aromatic rings. The Balaban J connectivity index is 1.33. The van der Waals surface area contributed by atoms with Crippen LogP contribution in [0, 0.1) is 17.8 Å². The molecule has 56 heavy (non-hydrogen) atoms. The largest absolute Gasteiger partial charge is 0.493 e. The standard InChI is InChI=1S/C46H57NO7S2/c1-2-26-52-46-42(56-36-18-7-4-8-19-36)32-40(47-54-43-21-11-14-27-51-43)38-30-33(15-9-12-24-48)37(20-10-13-25-49)44(45(38)46)39-31-34(22-23-41(39)53-46)50-28-29-55-35-16-5-3-6-17-35/h2-8,16-19,22-23,30-31,33,37,42-45,48-49H,1,9-15,20-21,24-29,32H2/t33-,37+,42-,43?,44+,45+,46+/m0/s1. The quantitative estimate of drug-likeness (QED) is 0.0501. The van der Waals surface area contributed by atoms with Gasteiger partial charge in [-0.05, 0) is 98.4 Å². The van der Waals surface area contributed by atoms with Gasteiger partial charge in [0.1, 0.15) is 11.5 Å². The van der Waals surface area contributed by atoms with Gasteiger partial charge >= 0.3 is 0 Å². The first kappa shape index (κ1) is 40.9. The average molecular weight is 800 g/mol. The summed E-state index contributed by atoms with van der Waals surface area (Å²) in [4.78, 5) is 8.61. The van der Waals surface area contributed by atoms with E-state index < -0.39 is 5.79 Å². The Hall–Kier alpha value is -3.25. The van der Waals surface area contributed by atoms with Crippen LogP contribution in [0.15, 0.2) is 118 Å². The molecule has 0 aromatic heterocycles. The summed E-state index contributed by atoms with van der Waals surface area (Å²) in [6.45, 7) is 5.97. The van der Waals surface area contributed by atoms with E-state index in [4.69, 9.17) is 28.9 Å². The predicted molar refractivity (Wildman–Crippen MR) is 225 cm³/mol. The first-order valence-electron chi connectivity index (χ1n) is 20.5. The average Bonchev–Trinajstić information content (AvgIpc) is 3.24. The third kappa shape index (κ3) is 9.71. The van der Waals surface area contributed by atoms with E-state index in [9.17, 15) is 10.2 Å². The second-order valence-corrected chi connectivity index (χ2v) is 17.5. The van der Waals surface area contributed by atoms with Crippen molar-refractivity contribution in [2.24, 2.45) is 22.9 Å². The molecular weight excluding hydrogens is 743 g/mol. The molecule has 300 valence electrons. The van der Waals surface area contributed by atoms with Crippen LogP contribution in [0.3, 0.4) is 0 Å². The smallest absolute Gasteiger partial charge is 0.231 e. The normalized spacial score (nSPS) is 27.4. The molecule has 10 heteroatoms. The van der Waals surface area contributed by atoms with Crippen LogP contribution in [-0.4, -0.2) is 72.0 Å². The number of aliphatic hydroxyl groups excluding tert-OH is 2. The number of rotatable bonds is 20. The number of aliphatic hydroxyl groups is 2. The Morgan fingerprint density at radius 3 is 2.41 bits per heavy atom. The Labute approximate surface area is 341 Å². The van der Waals surface area contributed by atoms with Crippen LogP contribution in [0.1, 0.15) is 75.7 Å². The summed E-state index contributed by atoms with van der Waals surface area (Å²) in [5.74, 6) is 1.63. The number of nitrogens with zero attached hydrogens (tertiary/aromatic N) is 1. The summed E-state index contributed by atoms with van der Waals surface area (Å²) in [6.07, 6.45) is 12.5. The Kier molecular flexibility index (Phi) is 14.9. The van der Waals surface area contributed by atoms with Crippen molar-refractivity contribution in [3.05, 3.63) is 109 Å². The van der Waals surface area contributed by atoms with Crippen molar-refractivity contribution in [1.82, 2.24) is 0 Å². The topological polar surface area (TPSA) is 99.0 Å². The predicted octanol–water partition coefficient (Wildman–Crippen LogP) is 9.81. The lowest BCUT2D eigenvalue weighted by Crippen LogP contribution is -2.64. The van der Waals surface area contributed by atoms with E-state index in [-0.39, 0.29) is 48.4 Å². The number of oxime groups is 1. The van der Waals surface area contributed by atoms with Crippen molar-refractivity contribution < 1.29 is 34.0 Å². The van der Waals surface area contributed by atoms with Crippen LogP contribution >= 0.6 is 23.5 Å². The van der Waals surface area contributed by atoms with Crippen molar-refractivity contribution in [2.75, 3.05) is 38.8 Å². The molecule has 7 atom stereocenters. The first-order valence-corrected chi connectivity index (χ1v) is 22.4. The van der Waals surface area contributed by atoms with Gasteiger partial charge in [-0.2, -0.15) is 0 Å². The molecule has 0 amide bonds. The second kappa shape index (κ2) is 20.4. The van der Waals surface area contributed by atoms with Gasteiger partial charge in [0.15, 0.2) is 0 Å². The summed E-state index contributed by atoms with van der Waals surface area (Å²) in [6, 6.07) is 27.2. The van der Waals surface area contributed by atoms with E-state index in [1.807, 2.05) is 24.3 Å². The number of unbranched alkanes of at least 4 members (excludes halogenated alkanes) is 2. The van der Waals surface area contributed by atoms with E-state index >= 15 is 0 Å². The fourth-order valence-corrected chi connectivity index (χ4v) is 11.0. The summed E-state index contributed by atoms with van der Waals surface area (Å²) >= 11 is 3.55. The lowest BCUT2D eigenvalue weighted by atomic mass is 9.56. The molecule has 0 bridgehead atoms. The van der Waals surface area contributed by atoms with Crippen molar-refractivity contribution in [3.8, 4) is 11.5 Å². The highest BCUT2D eigenvalue weighted by Crippen LogP contribution is 2.63. The highest BCUT2D eigenvalue weighted by molar-refractivity contribution is 8.00. The maximum Gasteiger partial charge on any atom is 0.231 e.